The Kier molecular flexibility index (Phi) is 2.82. The highest BCUT2D eigenvalue weighted by Gasteiger charge is 2.08. The first-order valence-electron chi connectivity index (χ1n) is 3.66. The van der Waals surface area contributed by atoms with Crippen molar-refractivity contribution in [3.63, 3.8) is 0 Å². The van der Waals surface area contributed by atoms with E-state index in [1.54, 1.807) is 12.2 Å². The molecule has 1 aliphatic carbocycles. The lowest BCUT2D eigenvalue weighted by molar-refractivity contribution is -0.131. The lowest BCUT2D eigenvalue weighted by Gasteiger charge is -2.11. The number of aliphatic carboxylic acids is 1. The molecule has 1 atom stereocenters. The van der Waals surface area contributed by atoms with Crippen molar-refractivity contribution < 1.29 is 15.0 Å². The van der Waals surface area contributed by atoms with E-state index in [2.05, 4.69) is 0 Å². The molecule has 0 aromatic heterocycles. The van der Waals surface area contributed by atoms with Gasteiger partial charge in [0.2, 0.25) is 0 Å². The summed E-state index contributed by atoms with van der Waals surface area (Å²) in [4.78, 5) is 10.1. The maximum atomic E-state index is 10.1. The van der Waals surface area contributed by atoms with Crippen LogP contribution in [0.4, 0.5) is 0 Å². The zero-order valence-corrected chi connectivity index (χ0v) is 6.47. The maximum absolute atomic E-state index is 10.1. The largest absolute Gasteiger partial charge is 0.478 e. The molecule has 0 heterocycles. The third-order valence-corrected chi connectivity index (χ3v) is 1.59. The fraction of sp³-hybridized carbons (Fsp3) is 0.222. The molecule has 0 radical (unpaired) electrons. The second-order valence-electron chi connectivity index (χ2n) is 2.52. The van der Waals surface area contributed by atoms with Gasteiger partial charge in [-0.15, -0.1) is 0 Å². The van der Waals surface area contributed by atoms with Crippen molar-refractivity contribution in [2.45, 2.75) is 12.5 Å². The summed E-state index contributed by atoms with van der Waals surface area (Å²) < 4.78 is 0. The van der Waals surface area contributed by atoms with Crippen molar-refractivity contribution in [2.24, 2.45) is 0 Å². The Bertz CT molecular complexity index is 261. The summed E-state index contributed by atoms with van der Waals surface area (Å²) in [5.41, 5.74) is 0.639. The summed E-state index contributed by atoms with van der Waals surface area (Å²) in [6, 6.07) is 0. The van der Waals surface area contributed by atoms with Crippen molar-refractivity contribution in [3.8, 4) is 0 Å². The Hall–Kier alpha value is -1.35. The van der Waals surface area contributed by atoms with Gasteiger partial charge in [0.15, 0.2) is 0 Å². The zero-order valence-electron chi connectivity index (χ0n) is 6.47. The van der Waals surface area contributed by atoms with Crippen LogP contribution < -0.4 is 0 Å². The Morgan fingerprint density at radius 1 is 1.67 bits per heavy atom. The van der Waals surface area contributed by atoms with E-state index in [9.17, 15) is 9.90 Å². The molecule has 0 aromatic rings. The molecule has 0 spiro atoms. The number of allylic oxidation sites excluding steroid dienone is 2. The van der Waals surface area contributed by atoms with Crippen LogP contribution in [-0.2, 0) is 4.79 Å². The van der Waals surface area contributed by atoms with Crippen LogP contribution in [0.5, 0.6) is 0 Å². The minimum atomic E-state index is -1.00. The average molecular weight is 166 g/mol. The third-order valence-electron chi connectivity index (χ3n) is 1.59. The van der Waals surface area contributed by atoms with Crippen LogP contribution >= 0.6 is 0 Å². The highest BCUT2D eigenvalue weighted by Crippen LogP contribution is 2.13. The molecule has 2 N–H and O–H groups in total. The van der Waals surface area contributed by atoms with Crippen molar-refractivity contribution in [1.29, 1.82) is 0 Å². The Morgan fingerprint density at radius 2 is 2.42 bits per heavy atom. The van der Waals surface area contributed by atoms with E-state index in [0.29, 0.717) is 12.0 Å². The van der Waals surface area contributed by atoms with Crippen molar-refractivity contribution in [1.82, 2.24) is 0 Å². The number of carbonyl (C=O) groups is 1. The van der Waals surface area contributed by atoms with Gasteiger partial charge in [0.1, 0.15) is 0 Å². The molecule has 1 unspecified atom stereocenters. The molecule has 0 fully saturated rings. The second-order valence-corrected chi connectivity index (χ2v) is 2.52. The van der Waals surface area contributed by atoms with E-state index in [1.165, 1.54) is 6.08 Å². The third kappa shape index (κ3) is 2.36. The predicted molar refractivity (Wildman–Crippen MR) is 44.6 cm³/mol. The average Bonchev–Trinajstić information content (AvgIpc) is 2.03. The van der Waals surface area contributed by atoms with Crippen molar-refractivity contribution in [3.05, 3.63) is 36.0 Å². The van der Waals surface area contributed by atoms with Gasteiger partial charge in [0, 0.05) is 6.08 Å². The van der Waals surface area contributed by atoms with E-state index in [-0.39, 0.29) is 0 Å². The molecular formula is C9H10O3. The van der Waals surface area contributed by atoms with Gasteiger partial charge >= 0.3 is 5.97 Å². The smallest absolute Gasteiger partial charge is 0.328 e. The Labute approximate surface area is 70.3 Å². The normalized spacial score (nSPS) is 22.8. The number of carboxylic acids is 1. The highest BCUT2D eigenvalue weighted by molar-refractivity contribution is 5.80. The first-order valence-corrected chi connectivity index (χ1v) is 3.66. The molecule has 0 aromatic carbocycles. The van der Waals surface area contributed by atoms with Gasteiger partial charge in [0.25, 0.3) is 0 Å². The van der Waals surface area contributed by atoms with Crippen LogP contribution in [0.1, 0.15) is 6.42 Å². The summed E-state index contributed by atoms with van der Waals surface area (Å²) >= 11 is 0. The summed E-state index contributed by atoms with van der Waals surface area (Å²) in [5.74, 6) is -1.00. The molecule has 64 valence electrons. The van der Waals surface area contributed by atoms with Gasteiger partial charge < -0.3 is 10.2 Å². The zero-order chi connectivity index (χ0) is 8.97. The molecule has 1 aliphatic rings. The van der Waals surface area contributed by atoms with E-state index in [0.717, 1.165) is 6.08 Å². The molecule has 0 amide bonds. The summed E-state index contributed by atoms with van der Waals surface area (Å²) in [5, 5.41) is 17.6. The molecular weight excluding hydrogens is 156 g/mol. The molecule has 0 aliphatic heterocycles. The van der Waals surface area contributed by atoms with Crippen LogP contribution in [0, 0.1) is 0 Å². The summed E-state index contributed by atoms with van der Waals surface area (Å²) in [6.45, 7) is 0. The maximum Gasteiger partial charge on any atom is 0.328 e. The van der Waals surface area contributed by atoms with Crippen LogP contribution in [0.25, 0.3) is 0 Å². The van der Waals surface area contributed by atoms with Gasteiger partial charge in [-0.1, -0.05) is 18.2 Å². The van der Waals surface area contributed by atoms with Gasteiger partial charge in [-0.25, -0.2) is 4.79 Å². The van der Waals surface area contributed by atoms with E-state index >= 15 is 0 Å². The first kappa shape index (κ1) is 8.74. The molecule has 1 rings (SSSR count). The first-order chi connectivity index (χ1) is 5.70. The lowest BCUT2D eigenvalue weighted by atomic mass is 10.0. The highest BCUT2D eigenvalue weighted by atomic mass is 16.4. The van der Waals surface area contributed by atoms with Crippen LogP contribution in [0.15, 0.2) is 36.0 Å². The standard InChI is InChI=1S/C9H10O3/c10-8-4-2-1-3-7(8)5-6-9(11)12/h1-3,5-6,8,10H,4H2,(H,11,12). The molecule has 12 heavy (non-hydrogen) atoms. The molecule has 3 nitrogen and oxygen atoms in total. The van der Waals surface area contributed by atoms with Crippen LogP contribution in [0.3, 0.4) is 0 Å². The Balaban J connectivity index is 2.67. The van der Waals surface area contributed by atoms with Crippen LogP contribution in [-0.4, -0.2) is 22.3 Å². The van der Waals surface area contributed by atoms with Gasteiger partial charge in [0.05, 0.1) is 6.10 Å². The number of aliphatic hydroxyl groups excluding tert-OH is 1. The summed E-state index contributed by atoms with van der Waals surface area (Å²) in [7, 11) is 0. The van der Waals surface area contributed by atoms with E-state index in [4.69, 9.17) is 5.11 Å². The van der Waals surface area contributed by atoms with E-state index in [1.807, 2.05) is 6.08 Å². The fourth-order valence-corrected chi connectivity index (χ4v) is 0.968. The molecule has 0 saturated carbocycles. The second kappa shape index (κ2) is 3.88. The van der Waals surface area contributed by atoms with Crippen molar-refractivity contribution >= 4 is 5.97 Å². The molecule has 0 bridgehead atoms. The number of carboxylic acid groups (broad SMARTS) is 1. The van der Waals surface area contributed by atoms with E-state index < -0.39 is 12.1 Å². The number of hydrogen-bond donors (Lipinski definition) is 2. The lowest BCUT2D eigenvalue weighted by Crippen LogP contribution is -2.09. The minimum Gasteiger partial charge on any atom is -0.478 e. The fourth-order valence-electron chi connectivity index (χ4n) is 0.968. The summed E-state index contributed by atoms with van der Waals surface area (Å²) in [6.07, 6.45) is 7.76. The van der Waals surface area contributed by atoms with Crippen LogP contribution in [0.2, 0.25) is 0 Å². The number of aliphatic hydroxyl groups is 1. The van der Waals surface area contributed by atoms with Gasteiger partial charge in [-0.2, -0.15) is 0 Å². The quantitative estimate of drug-likeness (QED) is 0.598. The Morgan fingerprint density at radius 3 is 3.00 bits per heavy atom. The molecule has 3 heteroatoms. The SMILES string of the molecule is O=C(O)C=CC1=CC=CCC1O. The van der Waals surface area contributed by atoms with Gasteiger partial charge in [-0.05, 0) is 18.1 Å². The minimum absolute atomic E-state index is 0.551. The van der Waals surface area contributed by atoms with Crippen molar-refractivity contribution in [2.75, 3.05) is 0 Å². The number of hydrogen-bond acceptors (Lipinski definition) is 2. The van der Waals surface area contributed by atoms with Gasteiger partial charge in [-0.3, -0.25) is 0 Å². The molecule has 0 saturated heterocycles. The predicted octanol–water partition coefficient (Wildman–Crippen LogP) is 0.874. The number of rotatable bonds is 2. The monoisotopic (exact) mass is 166 g/mol. The topological polar surface area (TPSA) is 57.5 Å².